The average Bonchev–Trinajstić information content (AvgIpc) is 2.38. The molecule has 5 nitrogen and oxygen atoms in total. The Morgan fingerprint density at radius 2 is 2.05 bits per heavy atom. The summed E-state index contributed by atoms with van der Waals surface area (Å²) in [5, 5.41) is 3.30. The highest BCUT2D eigenvalue weighted by Gasteiger charge is 2.32. The van der Waals surface area contributed by atoms with Crippen LogP contribution in [-0.4, -0.2) is 56.3 Å². The molecular weight excluding hydrogens is 262 g/mol. The van der Waals surface area contributed by atoms with E-state index in [1.165, 1.54) is 4.31 Å². The third-order valence-corrected chi connectivity index (χ3v) is 5.79. The second-order valence-corrected chi connectivity index (χ2v) is 7.38. The molecule has 1 aliphatic rings. The van der Waals surface area contributed by atoms with E-state index in [-0.39, 0.29) is 6.04 Å². The first-order chi connectivity index (χ1) is 9.00. The van der Waals surface area contributed by atoms with Crippen LogP contribution in [0.4, 0.5) is 0 Å². The van der Waals surface area contributed by atoms with Gasteiger partial charge in [-0.15, -0.1) is 0 Å². The van der Waals surface area contributed by atoms with E-state index in [2.05, 4.69) is 12.2 Å². The van der Waals surface area contributed by atoms with Crippen molar-refractivity contribution < 1.29 is 8.42 Å². The van der Waals surface area contributed by atoms with Gasteiger partial charge in [-0.3, -0.25) is 0 Å². The highest BCUT2D eigenvalue weighted by molar-refractivity contribution is 7.86. The Bertz CT molecular complexity index is 346. The lowest BCUT2D eigenvalue weighted by Crippen LogP contribution is -2.48. The second kappa shape index (κ2) is 8.19. The summed E-state index contributed by atoms with van der Waals surface area (Å²) in [6, 6.07) is 0.138. The van der Waals surface area contributed by atoms with Gasteiger partial charge in [0.15, 0.2) is 0 Å². The summed E-state index contributed by atoms with van der Waals surface area (Å²) in [5.41, 5.74) is 0. The van der Waals surface area contributed by atoms with E-state index in [9.17, 15) is 8.42 Å². The zero-order valence-corrected chi connectivity index (χ0v) is 13.4. The topological polar surface area (TPSA) is 52.7 Å². The third kappa shape index (κ3) is 5.02. The third-order valence-electron chi connectivity index (χ3n) is 3.69. The smallest absolute Gasteiger partial charge is 0.281 e. The molecule has 0 aromatic rings. The summed E-state index contributed by atoms with van der Waals surface area (Å²) in [7, 11) is -1.57. The number of hydrogen-bond acceptors (Lipinski definition) is 3. The van der Waals surface area contributed by atoms with Crippen LogP contribution >= 0.6 is 0 Å². The number of rotatable bonds is 8. The van der Waals surface area contributed by atoms with E-state index in [1.54, 1.807) is 11.4 Å². The summed E-state index contributed by atoms with van der Waals surface area (Å²) in [6.07, 6.45) is 5.07. The molecule has 1 atom stereocenters. The maximum atomic E-state index is 12.4. The van der Waals surface area contributed by atoms with Gasteiger partial charge in [-0.25, -0.2) is 0 Å². The second-order valence-electron chi connectivity index (χ2n) is 5.39. The monoisotopic (exact) mass is 291 g/mol. The molecule has 1 N–H and O–H groups in total. The molecule has 1 saturated heterocycles. The molecule has 1 aliphatic heterocycles. The van der Waals surface area contributed by atoms with E-state index >= 15 is 0 Å². The fourth-order valence-corrected chi connectivity index (χ4v) is 4.08. The van der Waals surface area contributed by atoms with E-state index in [0.717, 1.165) is 45.2 Å². The minimum absolute atomic E-state index is 0.138. The first-order valence-corrected chi connectivity index (χ1v) is 8.83. The van der Waals surface area contributed by atoms with Crippen molar-refractivity contribution in [3.05, 3.63) is 0 Å². The van der Waals surface area contributed by atoms with E-state index in [1.807, 2.05) is 6.92 Å². The van der Waals surface area contributed by atoms with Gasteiger partial charge >= 0.3 is 0 Å². The van der Waals surface area contributed by atoms with Crippen LogP contribution in [0.1, 0.15) is 46.0 Å². The van der Waals surface area contributed by atoms with Gasteiger partial charge in [0.2, 0.25) is 0 Å². The highest BCUT2D eigenvalue weighted by Crippen LogP contribution is 2.21. The quantitative estimate of drug-likeness (QED) is 0.688. The lowest BCUT2D eigenvalue weighted by atomic mass is 10.1. The van der Waals surface area contributed by atoms with Crippen LogP contribution in [0.25, 0.3) is 0 Å². The van der Waals surface area contributed by atoms with Crippen LogP contribution in [0.5, 0.6) is 0 Å². The van der Waals surface area contributed by atoms with E-state index in [4.69, 9.17) is 0 Å². The standard InChI is InChI=1S/C13H29N3O2S/c1-4-9-14-10-7-11-15(3)19(17,18)16-12-6-5-8-13(16)2/h13-14H,4-12H2,1-3H3. The van der Waals surface area contributed by atoms with Crippen LogP contribution in [-0.2, 0) is 10.2 Å². The molecular formula is C13H29N3O2S. The Hall–Kier alpha value is -0.170. The van der Waals surface area contributed by atoms with Gasteiger partial charge in [0, 0.05) is 26.2 Å². The van der Waals surface area contributed by atoms with Gasteiger partial charge in [0.25, 0.3) is 10.2 Å². The van der Waals surface area contributed by atoms with Gasteiger partial charge in [-0.2, -0.15) is 17.0 Å². The van der Waals surface area contributed by atoms with Crippen LogP contribution in [0, 0.1) is 0 Å². The van der Waals surface area contributed by atoms with Gasteiger partial charge in [-0.1, -0.05) is 13.3 Å². The Kier molecular flexibility index (Phi) is 7.28. The predicted molar refractivity (Wildman–Crippen MR) is 79.3 cm³/mol. The maximum absolute atomic E-state index is 12.4. The van der Waals surface area contributed by atoms with Crippen LogP contribution < -0.4 is 5.32 Å². The summed E-state index contributed by atoms with van der Waals surface area (Å²) in [4.78, 5) is 0. The molecule has 0 bridgehead atoms. The zero-order valence-electron chi connectivity index (χ0n) is 12.6. The number of nitrogens with one attached hydrogen (secondary N) is 1. The molecule has 0 amide bonds. The number of hydrogen-bond donors (Lipinski definition) is 1. The summed E-state index contributed by atoms with van der Waals surface area (Å²) >= 11 is 0. The van der Waals surface area contributed by atoms with Crippen molar-refractivity contribution >= 4 is 10.2 Å². The summed E-state index contributed by atoms with van der Waals surface area (Å²) in [6.45, 7) is 7.27. The fourth-order valence-electron chi connectivity index (χ4n) is 2.44. The minimum atomic E-state index is -3.27. The molecule has 114 valence electrons. The maximum Gasteiger partial charge on any atom is 0.281 e. The molecule has 0 radical (unpaired) electrons. The molecule has 1 fully saturated rings. The zero-order chi connectivity index (χ0) is 14.3. The lowest BCUT2D eigenvalue weighted by Gasteiger charge is -2.35. The lowest BCUT2D eigenvalue weighted by molar-refractivity contribution is 0.250. The molecule has 6 heteroatoms. The molecule has 0 spiro atoms. The van der Waals surface area contributed by atoms with Crippen molar-refractivity contribution in [1.29, 1.82) is 0 Å². The predicted octanol–water partition coefficient (Wildman–Crippen LogP) is 1.43. The van der Waals surface area contributed by atoms with Gasteiger partial charge in [0.05, 0.1) is 0 Å². The van der Waals surface area contributed by atoms with Crippen molar-refractivity contribution in [3.63, 3.8) is 0 Å². The average molecular weight is 291 g/mol. The van der Waals surface area contributed by atoms with E-state index < -0.39 is 10.2 Å². The normalized spacial score (nSPS) is 22.0. The molecule has 0 aromatic heterocycles. The molecule has 1 rings (SSSR count). The Morgan fingerprint density at radius 1 is 1.32 bits per heavy atom. The largest absolute Gasteiger partial charge is 0.317 e. The molecule has 1 heterocycles. The minimum Gasteiger partial charge on any atom is -0.317 e. The van der Waals surface area contributed by atoms with Gasteiger partial charge < -0.3 is 5.32 Å². The van der Waals surface area contributed by atoms with Gasteiger partial charge in [0.1, 0.15) is 0 Å². The van der Waals surface area contributed by atoms with Crippen LogP contribution in [0.15, 0.2) is 0 Å². The van der Waals surface area contributed by atoms with E-state index in [0.29, 0.717) is 13.1 Å². The van der Waals surface area contributed by atoms with Gasteiger partial charge in [-0.05, 0) is 45.7 Å². The Balaban J connectivity index is 2.42. The van der Waals surface area contributed by atoms with Crippen LogP contribution in [0.2, 0.25) is 0 Å². The molecule has 0 aliphatic carbocycles. The molecule has 19 heavy (non-hydrogen) atoms. The van der Waals surface area contributed by atoms with Crippen LogP contribution in [0.3, 0.4) is 0 Å². The fraction of sp³-hybridized carbons (Fsp3) is 1.00. The molecule has 0 aromatic carbocycles. The Labute approximate surface area is 118 Å². The first-order valence-electron chi connectivity index (χ1n) is 7.44. The summed E-state index contributed by atoms with van der Waals surface area (Å²) in [5.74, 6) is 0. The Morgan fingerprint density at radius 3 is 2.68 bits per heavy atom. The molecule has 0 saturated carbocycles. The summed E-state index contributed by atoms with van der Waals surface area (Å²) < 4.78 is 28.1. The number of nitrogens with zero attached hydrogens (tertiary/aromatic N) is 2. The van der Waals surface area contributed by atoms with Crippen molar-refractivity contribution in [2.24, 2.45) is 0 Å². The van der Waals surface area contributed by atoms with Crippen molar-refractivity contribution in [2.45, 2.75) is 52.0 Å². The first kappa shape index (κ1) is 16.9. The molecule has 1 unspecified atom stereocenters. The SMILES string of the molecule is CCCNCCCN(C)S(=O)(=O)N1CCCCC1C. The van der Waals surface area contributed by atoms with Crippen molar-refractivity contribution in [1.82, 2.24) is 13.9 Å². The van der Waals surface area contributed by atoms with Crippen molar-refractivity contribution in [2.75, 3.05) is 33.2 Å². The van der Waals surface area contributed by atoms with Crippen molar-refractivity contribution in [3.8, 4) is 0 Å². The highest BCUT2D eigenvalue weighted by atomic mass is 32.2. The number of piperidine rings is 1.